The van der Waals surface area contributed by atoms with Crippen LogP contribution >= 0.6 is 12.2 Å². The van der Waals surface area contributed by atoms with Gasteiger partial charge in [-0.05, 0) is 55.3 Å². The van der Waals surface area contributed by atoms with Gasteiger partial charge in [-0.15, -0.1) is 6.58 Å². The fourth-order valence-corrected chi connectivity index (χ4v) is 3.34. The first-order valence-corrected chi connectivity index (χ1v) is 8.86. The van der Waals surface area contributed by atoms with Crippen LogP contribution in [0.4, 0.5) is 5.69 Å². The first-order chi connectivity index (χ1) is 12.1. The number of hydrogen-bond acceptors (Lipinski definition) is 4. The number of hydrogen-bond donors (Lipinski definition) is 1. The number of carbonyl (C=O) groups excluding carboxylic acids is 2. The molecule has 0 aromatic heterocycles. The number of nitrogens with one attached hydrogen (secondary N) is 1. The zero-order chi connectivity index (χ0) is 17.8. The van der Waals surface area contributed by atoms with E-state index in [1.807, 2.05) is 24.3 Å². The highest BCUT2D eigenvalue weighted by Crippen LogP contribution is 2.22. The molecule has 2 fully saturated rings. The number of carbonyl (C=O) groups is 2. The lowest BCUT2D eigenvalue weighted by Gasteiger charge is -2.29. The van der Waals surface area contributed by atoms with Crippen molar-refractivity contribution in [3.63, 3.8) is 0 Å². The second-order valence-electron chi connectivity index (χ2n) is 6.16. The van der Waals surface area contributed by atoms with Gasteiger partial charge in [-0.25, -0.2) is 0 Å². The average molecular weight is 355 g/mol. The lowest BCUT2D eigenvalue weighted by molar-refractivity contribution is -0.128. The first-order valence-electron chi connectivity index (χ1n) is 8.45. The molecule has 0 bridgehead atoms. The van der Waals surface area contributed by atoms with Crippen molar-refractivity contribution in [1.82, 2.24) is 10.2 Å². The summed E-state index contributed by atoms with van der Waals surface area (Å²) in [6.45, 7) is 6.04. The molecular weight excluding hydrogens is 334 g/mol. The second kappa shape index (κ2) is 7.61. The molecule has 0 saturated carbocycles. The molecule has 0 atom stereocenters. The Morgan fingerprint density at radius 1 is 1.12 bits per heavy atom. The molecule has 0 spiro atoms. The van der Waals surface area contributed by atoms with Gasteiger partial charge >= 0.3 is 0 Å². The monoisotopic (exact) mass is 355 g/mol. The normalized spacial score (nSPS) is 20.0. The lowest BCUT2D eigenvalue weighted by Crippen LogP contribution is -2.53. The van der Waals surface area contributed by atoms with Crippen LogP contribution in [0.15, 0.2) is 42.5 Å². The molecule has 1 aromatic carbocycles. The third-order valence-electron chi connectivity index (χ3n) is 4.42. The van der Waals surface area contributed by atoms with Crippen LogP contribution < -0.4 is 10.2 Å². The highest BCUT2D eigenvalue weighted by Gasteiger charge is 2.32. The topological polar surface area (TPSA) is 52.7 Å². The van der Waals surface area contributed by atoms with Gasteiger partial charge in [0.15, 0.2) is 5.11 Å². The van der Waals surface area contributed by atoms with Crippen LogP contribution in [0.3, 0.4) is 0 Å². The molecule has 0 radical (unpaired) electrons. The standard InChI is InChI=1S/C19H21N3O2S/c1-2-10-22-18(24)16(17(23)20-19(22)25)13-14-6-8-15(9-7-14)21-11-4-3-5-12-21/h2,6-9,13H,1,3-5,10-12H2,(H,20,23,25)/b16-13+. The Hall–Kier alpha value is -2.47. The van der Waals surface area contributed by atoms with Crippen LogP contribution in [0.2, 0.25) is 0 Å². The summed E-state index contributed by atoms with van der Waals surface area (Å²) >= 11 is 5.05. The molecule has 6 heteroatoms. The number of benzene rings is 1. The molecule has 1 aromatic rings. The minimum Gasteiger partial charge on any atom is -0.372 e. The summed E-state index contributed by atoms with van der Waals surface area (Å²) in [4.78, 5) is 28.3. The van der Waals surface area contributed by atoms with E-state index < -0.39 is 11.8 Å². The van der Waals surface area contributed by atoms with Gasteiger partial charge in [-0.3, -0.25) is 19.8 Å². The second-order valence-corrected chi connectivity index (χ2v) is 6.55. The fraction of sp³-hybridized carbons (Fsp3) is 0.316. The molecule has 2 saturated heterocycles. The molecule has 2 heterocycles. The smallest absolute Gasteiger partial charge is 0.265 e. The molecule has 0 aliphatic carbocycles. The van der Waals surface area contributed by atoms with Gasteiger partial charge in [0, 0.05) is 25.3 Å². The molecule has 5 nitrogen and oxygen atoms in total. The largest absolute Gasteiger partial charge is 0.372 e. The van der Waals surface area contributed by atoms with E-state index in [0.717, 1.165) is 18.7 Å². The third kappa shape index (κ3) is 3.79. The minimum absolute atomic E-state index is 0.0844. The van der Waals surface area contributed by atoms with Crippen molar-refractivity contribution >= 4 is 40.9 Å². The zero-order valence-electron chi connectivity index (χ0n) is 14.0. The van der Waals surface area contributed by atoms with Crippen LogP contribution in [-0.4, -0.2) is 41.5 Å². The average Bonchev–Trinajstić information content (AvgIpc) is 2.63. The molecule has 2 aliphatic heterocycles. The van der Waals surface area contributed by atoms with Crippen molar-refractivity contribution in [3.8, 4) is 0 Å². The van der Waals surface area contributed by atoms with Crippen LogP contribution in [0.5, 0.6) is 0 Å². The summed E-state index contributed by atoms with van der Waals surface area (Å²) in [5.41, 5.74) is 2.07. The number of piperidine rings is 1. The summed E-state index contributed by atoms with van der Waals surface area (Å²) in [7, 11) is 0. The summed E-state index contributed by atoms with van der Waals surface area (Å²) in [5.74, 6) is -0.857. The van der Waals surface area contributed by atoms with E-state index in [4.69, 9.17) is 12.2 Å². The molecule has 3 rings (SSSR count). The van der Waals surface area contributed by atoms with E-state index in [-0.39, 0.29) is 17.2 Å². The van der Waals surface area contributed by atoms with E-state index in [2.05, 4.69) is 16.8 Å². The summed E-state index contributed by atoms with van der Waals surface area (Å²) in [6, 6.07) is 7.94. The van der Waals surface area contributed by atoms with Crippen molar-refractivity contribution in [3.05, 3.63) is 48.1 Å². The molecule has 1 N–H and O–H groups in total. The van der Waals surface area contributed by atoms with Crippen molar-refractivity contribution in [2.45, 2.75) is 19.3 Å². The van der Waals surface area contributed by atoms with Crippen molar-refractivity contribution in [1.29, 1.82) is 0 Å². The first kappa shape index (κ1) is 17.4. The van der Waals surface area contributed by atoms with Crippen molar-refractivity contribution in [2.24, 2.45) is 0 Å². The third-order valence-corrected chi connectivity index (χ3v) is 4.75. The van der Waals surface area contributed by atoms with Gasteiger partial charge in [0.1, 0.15) is 5.57 Å². The molecule has 0 unspecified atom stereocenters. The summed E-state index contributed by atoms with van der Waals surface area (Å²) in [5, 5.41) is 2.67. The Balaban J connectivity index is 1.81. The molecular formula is C19H21N3O2S. The van der Waals surface area contributed by atoms with Gasteiger partial charge in [0.05, 0.1) is 0 Å². The van der Waals surface area contributed by atoms with Gasteiger partial charge in [-0.1, -0.05) is 18.2 Å². The van der Waals surface area contributed by atoms with Crippen LogP contribution in [-0.2, 0) is 9.59 Å². The zero-order valence-corrected chi connectivity index (χ0v) is 14.8. The minimum atomic E-state index is -0.463. The highest BCUT2D eigenvalue weighted by atomic mass is 32.1. The van der Waals surface area contributed by atoms with Gasteiger partial charge in [-0.2, -0.15) is 0 Å². The Morgan fingerprint density at radius 2 is 1.80 bits per heavy atom. The number of rotatable bonds is 4. The molecule has 2 amide bonds. The van der Waals surface area contributed by atoms with E-state index >= 15 is 0 Å². The highest BCUT2D eigenvalue weighted by molar-refractivity contribution is 7.80. The molecule has 130 valence electrons. The summed E-state index contributed by atoms with van der Waals surface area (Å²) in [6.07, 6.45) is 6.92. The maximum absolute atomic E-state index is 12.5. The number of nitrogens with zero attached hydrogens (tertiary/aromatic N) is 2. The maximum atomic E-state index is 12.5. The van der Waals surface area contributed by atoms with Gasteiger partial charge < -0.3 is 4.90 Å². The van der Waals surface area contributed by atoms with E-state index in [0.29, 0.717) is 0 Å². The Morgan fingerprint density at radius 3 is 2.44 bits per heavy atom. The van der Waals surface area contributed by atoms with E-state index in [9.17, 15) is 9.59 Å². The van der Waals surface area contributed by atoms with Gasteiger partial charge in [0.2, 0.25) is 0 Å². The van der Waals surface area contributed by atoms with E-state index in [1.165, 1.54) is 29.8 Å². The van der Waals surface area contributed by atoms with Crippen molar-refractivity contribution in [2.75, 3.05) is 24.5 Å². The maximum Gasteiger partial charge on any atom is 0.265 e. The lowest BCUT2D eigenvalue weighted by atomic mass is 10.1. The van der Waals surface area contributed by atoms with Gasteiger partial charge in [0.25, 0.3) is 11.8 Å². The molecule has 2 aliphatic rings. The van der Waals surface area contributed by atoms with Crippen LogP contribution in [0.25, 0.3) is 6.08 Å². The number of anilines is 1. The van der Waals surface area contributed by atoms with Crippen LogP contribution in [0, 0.1) is 0 Å². The van der Waals surface area contributed by atoms with Crippen LogP contribution in [0.1, 0.15) is 24.8 Å². The Bertz CT molecular complexity index is 734. The quantitative estimate of drug-likeness (QED) is 0.390. The molecule has 25 heavy (non-hydrogen) atoms. The Labute approximate surface area is 153 Å². The predicted molar refractivity (Wildman–Crippen MR) is 103 cm³/mol. The number of thiocarbonyl (C=S) groups is 1. The SMILES string of the molecule is C=CCN1C(=O)/C(=C/c2ccc(N3CCCCC3)cc2)C(=O)NC1=S. The number of amides is 2. The van der Waals surface area contributed by atoms with Crippen molar-refractivity contribution < 1.29 is 9.59 Å². The van der Waals surface area contributed by atoms with E-state index in [1.54, 1.807) is 12.2 Å². The fourth-order valence-electron chi connectivity index (χ4n) is 3.09. The predicted octanol–water partition coefficient (Wildman–Crippen LogP) is 2.49. The summed E-state index contributed by atoms with van der Waals surface area (Å²) < 4.78 is 0. The Kier molecular flexibility index (Phi) is 5.28.